The molecule has 2 aromatic carbocycles. The molecule has 0 unspecified atom stereocenters. The summed E-state index contributed by atoms with van der Waals surface area (Å²) in [5.74, 6) is 0.663. The largest absolute Gasteiger partial charge is 0.313 e. The molecule has 9 heteroatoms. The minimum atomic E-state index is -3.57. The molecule has 1 aromatic heterocycles. The SMILES string of the molecule is CN(C(=O)CCN=C1NS(=O)(=O)c2ccccc21)c1nc2ccccc2n1C. The molecule has 0 saturated carbocycles. The van der Waals surface area contributed by atoms with E-state index in [1.54, 1.807) is 25.2 Å². The third kappa shape index (κ3) is 3.03. The fourth-order valence-corrected chi connectivity index (χ4v) is 4.48. The summed E-state index contributed by atoms with van der Waals surface area (Å²) in [4.78, 5) is 23.1. The zero-order chi connectivity index (χ0) is 19.9. The summed E-state index contributed by atoms with van der Waals surface area (Å²) in [6.07, 6.45) is 0.132. The first-order valence-electron chi connectivity index (χ1n) is 8.73. The van der Waals surface area contributed by atoms with Gasteiger partial charge < -0.3 is 4.57 Å². The number of carbonyl (C=O) groups excluding carboxylic acids is 1. The number of aromatic nitrogens is 2. The smallest absolute Gasteiger partial charge is 0.263 e. The van der Waals surface area contributed by atoms with Gasteiger partial charge in [0, 0.05) is 26.1 Å². The van der Waals surface area contributed by atoms with Crippen molar-refractivity contribution in [3.63, 3.8) is 0 Å². The summed E-state index contributed by atoms with van der Waals surface area (Å²) in [7, 11) is -0.0437. The van der Waals surface area contributed by atoms with Gasteiger partial charge in [0.05, 0.1) is 22.5 Å². The summed E-state index contributed by atoms with van der Waals surface area (Å²) in [6.45, 7) is 0.166. The van der Waals surface area contributed by atoms with Crippen molar-refractivity contribution in [3.05, 3.63) is 54.1 Å². The molecule has 3 aromatic rings. The van der Waals surface area contributed by atoms with Gasteiger partial charge in [-0.05, 0) is 24.3 Å². The molecule has 0 radical (unpaired) electrons. The molecule has 0 fully saturated rings. The van der Waals surface area contributed by atoms with Crippen LogP contribution in [0.2, 0.25) is 0 Å². The van der Waals surface area contributed by atoms with Gasteiger partial charge in [-0.25, -0.2) is 13.4 Å². The summed E-state index contributed by atoms with van der Waals surface area (Å²) < 4.78 is 28.5. The molecule has 1 amide bonds. The molecule has 0 bridgehead atoms. The van der Waals surface area contributed by atoms with Crippen molar-refractivity contribution < 1.29 is 13.2 Å². The van der Waals surface area contributed by atoms with Gasteiger partial charge in [-0.1, -0.05) is 24.3 Å². The van der Waals surface area contributed by atoms with Crippen molar-refractivity contribution >= 4 is 38.7 Å². The number of carbonyl (C=O) groups is 1. The standard InChI is InChI=1S/C19H19N5O3S/c1-23-15-9-5-4-8-14(15)21-19(23)24(2)17(25)11-12-20-18-13-7-3-6-10-16(13)28(26,27)22-18/h3-10H,11-12H2,1-2H3,(H,20,22). The van der Waals surface area contributed by atoms with E-state index in [0.717, 1.165) is 11.0 Å². The number of amidine groups is 1. The second kappa shape index (κ2) is 6.75. The number of benzene rings is 2. The number of fused-ring (bicyclic) bond motifs is 2. The number of rotatable bonds is 4. The average Bonchev–Trinajstić information content (AvgIpc) is 3.16. The highest BCUT2D eigenvalue weighted by Crippen LogP contribution is 2.23. The van der Waals surface area contributed by atoms with Crippen LogP contribution in [-0.2, 0) is 21.9 Å². The lowest BCUT2D eigenvalue weighted by Gasteiger charge is -2.15. The Kier molecular flexibility index (Phi) is 4.38. The van der Waals surface area contributed by atoms with E-state index in [-0.39, 0.29) is 29.6 Å². The Bertz CT molecular complexity index is 1210. The molecular formula is C19H19N5O3S. The molecule has 1 aliphatic heterocycles. The van der Waals surface area contributed by atoms with Crippen LogP contribution in [0, 0.1) is 0 Å². The number of sulfonamides is 1. The Morgan fingerprint density at radius 3 is 2.68 bits per heavy atom. The topological polar surface area (TPSA) is 96.7 Å². The highest BCUT2D eigenvalue weighted by molar-refractivity contribution is 7.90. The van der Waals surface area contributed by atoms with Crippen molar-refractivity contribution in [1.29, 1.82) is 0 Å². The third-order valence-electron chi connectivity index (χ3n) is 4.70. The van der Waals surface area contributed by atoms with Crippen molar-refractivity contribution in [2.75, 3.05) is 18.5 Å². The van der Waals surface area contributed by atoms with Crippen LogP contribution in [-0.4, -0.2) is 43.3 Å². The first kappa shape index (κ1) is 18.2. The van der Waals surface area contributed by atoms with Crippen molar-refractivity contribution in [3.8, 4) is 0 Å². The van der Waals surface area contributed by atoms with Crippen LogP contribution in [0.3, 0.4) is 0 Å². The molecule has 0 atom stereocenters. The van der Waals surface area contributed by atoms with Crippen molar-refractivity contribution in [2.45, 2.75) is 11.3 Å². The number of nitrogens with zero attached hydrogens (tertiary/aromatic N) is 4. The van der Waals surface area contributed by atoms with E-state index in [9.17, 15) is 13.2 Å². The maximum atomic E-state index is 12.6. The highest BCUT2D eigenvalue weighted by atomic mass is 32.2. The number of aliphatic imine (C=N–C) groups is 1. The van der Waals surface area contributed by atoms with Crippen LogP contribution in [0.25, 0.3) is 11.0 Å². The predicted octanol–water partition coefficient (Wildman–Crippen LogP) is 1.66. The summed E-state index contributed by atoms with van der Waals surface area (Å²) >= 11 is 0. The van der Waals surface area contributed by atoms with Gasteiger partial charge in [0.1, 0.15) is 5.84 Å². The van der Waals surface area contributed by atoms with E-state index in [1.165, 1.54) is 11.0 Å². The lowest BCUT2D eigenvalue weighted by molar-refractivity contribution is -0.118. The Morgan fingerprint density at radius 2 is 1.89 bits per heavy atom. The quantitative estimate of drug-likeness (QED) is 0.724. The Hall–Kier alpha value is -3.20. The van der Waals surface area contributed by atoms with E-state index in [2.05, 4.69) is 14.7 Å². The summed E-state index contributed by atoms with van der Waals surface area (Å²) in [5, 5.41) is 0. The normalized spacial score (nSPS) is 16.1. The maximum Gasteiger partial charge on any atom is 0.263 e. The minimum Gasteiger partial charge on any atom is -0.313 e. The van der Waals surface area contributed by atoms with Gasteiger partial charge in [0.15, 0.2) is 0 Å². The number of amides is 1. The second-order valence-electron chi connectivity index (χ2n) is 6.49. The molecule has 8 nitrogen and oxygen atoms in total. The first-order chi connectivity index (χ1) is 13.4. The summed E-state index contributed by atoms with van der Waals surface area (Å²) in [6, 6.07) is 14.3. The molecule has 0 saturated heterocycles. The molecule has 1 N–H and O–H groups in total. The van der Waals surface area contributed by atoms with Gasteiger partial charge in [-0.3, -0.25) is 19.4 Å². The van der Waals surface area contributed by atoms with E-state index >= 15 is 0 Å². The highest BCUT2D eigenvalue weighted by Gasteiger charge is 2.30. The molecule has 0 aliphatic carbocycles. The molecule has 4 rings (SSSR count). The van der Waals surface area contributed by atoms with Crippen LogP contribution < -0.4 is 9.62 Å². The molecule has 1 aliphatic rings. The van der Waals surface area contributed by atoms with Crippen LogP contribution in [0.1, 0.15) is 12.0 Å². The Labute approximate surface area is 162 Å². The van der Waals surface area contributed by atoms with Crippen LogP contribution in [0.15, 0.2) is 58.4 Å². The van der Waals surface area contributed by atoms with E-state index in [4.69, 9.17) is 0 Å². The van der Waals surface area contributed by atoms with E-state index < -0.39 is 10.0 Å². The molecule has 144 valence electrons. The zero-order valence-electron chi connectivity index (χ0n) is 15.5. The third-order valence-corrected chi connectivity index (χ3v) is 6.09. The molecule has 2 heterocycles. The van der Waals surface area contributed by atoms with Crippen molar-refractivity contribution in [2.24, 2.45) is 12.0 Å². The van der Waals surface area contributed by atoms with Crippen molar-refractivity contribution in [1.82, 2.24) is 14.3 Å². The van der Waals surface area contributed by atoms with Gasteiger partial charge in [-0.2, -0.15) is 0 Å². The summed E-state index contributed by atoms with van der Waals surface area (Å²) in [5.41, 5.74) is 2.28. The van der Waals surface area contributed by atoms with Gasteiger partial charge >= 0.3 is 0 Å². The number of imidazole rings is 1. The monoisotopic (exact) mass is 397 g/mol. The second-order valence-corrected chi connectivity index (χ2v) is 8.15. The molecule has 28 heavy (non-hydrogen) atoms. The maximum absolute atomic E-state index is 12.6. The zero-order valence-corrected chi connectivity index (χ0v) is 16.3. The molecule has 0 spiro atoms. The van der Waals surface area contributed by atoms with Crippen LogP contribution >= 0.6 is 0 Å². The Balaban J connectivity index is 1.49. The Morgan fingerprint density at radius 1 is 1.18 bits per heavy atom. The fourth-order valence-electron chi connectivity index (χ4n) is 3.23. The van der Waals surface area contributed by atoms with Crippen LogP contribution in [0.5, 0.6) is 0 Å². The lowest BCUT2D eigenvalue weighted by Crippen LogP contribution is -2.29. The first-order valence-corrected chi connectivity index (χ1v) is 10.2. The van der Waals surface area contributed by atoms with Gasteiger partial charge in [0.25, 0.3) is 10.0 Å². The number of aryl methyl sites for hydroxylation is 1. The fraction of sp³-hybridized carbons (Fsp3) is 0.211. The number of hydrogen-bond acceptors (Lipinski definition) is 5. The van der Waals surface area contributed by atoms with Crippen LogP contribution in [0.4, 0.5) is 5.95 Å². The average molecular weight is 397 g/mol. The number of para-hydroxylation sites is 2. The minimum absolute atomic E-state index is 0.132. The van der Waals surface area contributed by atoms with E-state index in [1.807, 2.05) is 35.9 Å². The van der Waals surface area contributed by atoms with Gasteiger partial charge in [0.2, 0.25) is 11.9 Å². The number of hydrogen-bond donors (Lipinski definition) is 1. The number of anilines is 1. The predicted molar refractivity (Wildman–Crippen MR) is 107 cm³/mol. The van der Waals surface area contributed by atoms with Gasteiger partial charge in [-0.15, -0.1) is 0 Å². The van der Waals surface area contributed by atoms with E-state index in [0.29, 0.717) is 11.5 Å². The molecular weight excluding hydrogens is 378 g/mol. The lowest BCUT2D eigenvalue weighted by atomic mass is 10.2. The number of nitrogens with one attached hydrogen (secondary N) is 1.